The lowest BCUT2D eigenvalue weighted by molar-refractivity contribution is -0.0185. The van der Waals surface area contributed by atoms with Crippen molar-refractivity contribution in [1.29, 1.82) is 0 Å². The average molecular weight is 539 g/mol. The van der Waals surface area contributed by atoms with Crippen LogP contribution in [0.1, 0.15) is 29.7 Å². The maximum Gasteiger partial charge on any atom is 0.143 e. The fraction of sp³-hybridized carbons (Fsp3) is 0.185. The van der Waals surface area contributed by atoms with Crippen LogP contribution in [0, 0.1) is 23.3 Å². The van der Waals surface area contributed by atoms with E-state index < -0.39 is 34.8 Å². The van der Waals surface area contributed by atoms with Crippen molar-refractivity contribution in [2.24, 2.45) is 0 Å². The summed E-state index contributed by atoms with van der Waals surface area (Å²) in [5, 5.41) is 26.7. The van der Waals surface area contributed by atoms with Crippen LogP contribution in [-0.2, 0) is 18.8 Å². The average Bonchev–Trinajstić information content (AvgIpc) is 3.59. The Morgan fingerprint density at radius 3 is 2.36 bits per heavy atom. The monoisotopic (exact) mass is 539 g/mol. The Labute approximate surface area is 219 Å². The van der Waals surface area contributed by atoms with Crippen molar-refractivity contribution in [2.75, 3.05) is 0 Å². The lowest BCUT2D eigenvalue weighted by Crippen LogP contribution is -2.38. The van der Waals surface area contributed by atoms with Crippen molar-refractivity contribution in [2.45, 2.75) is 31.6 Å². The molecule has 0 aliphatic carbocycles. The summed E-state index contributed by atoms with van der Waals surface area (Å²) in [7, 11) is 0. The van der Waals surface area contributed by atoms with Gasteiger partial charge in [0, 0.05) is 29.3 Å². The fourth-order valence-electron chi connectivity index (χ4n) is 4.24. The second-order valence-corrected chi connectivity index (χ2v) is 8.98. The van der Waals surface area contributed by atoms with Crippen LogP contribution in [-0.4, -0.2) is 30.5 Å². The molecule has 39 heavy (non-hydrogen) atoms. The molecule has 2 atom stereocenters. The van der Waals surface area contributed by atoms with Crippen LogP contribution in [0.15, 0.2) is 77.6 Å². The van der Waals surface area contributed by atoms with Gasteiger partial charge in [-0.3, -0.25) is 0 Å². The van der Waals surface area contributed by atoms with Crippen LogP contribution < -0.4 is 4.74 Å². The fourth-order valence-corrected chi connectivity index (χ4v) is 4.24. The number of hydrogen-bond acceptors (Lipinski definition) is 7. The van der Waals surface area contributed by atoms with Gasteiger partial charge in [0.05, 0.1) is 12.5 Å². The maximum atomic E-state index is 14.8. The number of nitrogens with zero attached hydrogens (tertiary/aromatic N) is 5. The Balaban J connectivity index is 1.36. The summed E-state index contributed by atoms with van der Waals surface area (Å²) < 4.78 is 67.5. The van der Waals surface area contributed by atoms with Gasteiger partial charge >= 0.3 is 0 Å². The minimum Gasteiger partial charge on any atom is -0.489 e. The topological polar surface area (TPSA) is 99.1 Å². The molecule has 0 saturated heterocycles. The zero-order valence-corrected chi connectivity index (χ0v) is 20.4. The molecule has 0 radical (unpaired) electrons. The standard InChI is InChI=1S/C27H21F4N5O3/c1-16(27(37,14-36-15-32-34-35-36)23-7-4-19(28)11-24(23)31)26-12-25(33-39-26)18-2-5-22(6-3-18)38-13-17-8-20(29)10-21(30)9-17/h2-12,15-16,37H,13-14H2,1H3/t16-,27+/m0/s1. The summed E-state index contributed by atoms with van der Waals surface area (Å²) in [6.07, 6.45) is 1.26. The van der Waals surface area contributed by atoms with E-state index in [-0.39, 0.29) is 24.5 Å². The summed E-state index contributed by atoms with van der Waals surface area (Å²) in [6, 6.07) is 14.4. The van der Waals surface area contributed by atoms with E-state index in [4.69, 9.17) is 9.26 Å². The summed E-state index contributed by atoms with van der Waals surface area (Å²) in [5.74, 6) is -3.27. The lowest BCUT2D eigenvalue weighted by atomic mass is 9.80. The van der Waals surface area contributed by atoms with Gasteiger partial charge in [-0.25, -0.2) is 22.2 Å². The van der Waals surface area contributed by atoms with Crippen LogP contribution in [0.25, 0.3) is 11.3 Å². The van der Waals surface area contributed by atoms with Crippen molar-refractivity contribution < 1.29 is 31.9 Å². The molecule has 12 heteroatoms. The Kier molecular flexibility index (Phi) is 7.11. The first-order valence-electron chi connectivity index (χ1n) is 11.7. The number of ether oxygens (including phenoxy) is 1. The van der Waals surface area contributed by atoms with E-state index in [0.29, 0.717) is 28.6 Å². The quantitative estimate of drug-likeness (QED) is 0.259. The van der Waals surface area contributed by atoms with Crippen molar-refractivity contribution in [3.63, 3.8) is 0 Å². The normalized spacial score (nSPS) is 13.7. The highest BCUT2D eigenvalue weighted by atomic mass is 19.1. The van der Waals surface area contributed by atoms with Gasteiger partial charge in [0.1, 0.15) is 59.0 Å². The third-order valence-corrected chi connectivity index (χ3v) is 6.34. The number of benzene rings is 3. The molecule has 0 amide bonds. The van der Waals surface area contributed by atoms with Gasteiger partial charge in [-0.1, -0.05) is 18.1 Å². The predicted octanol–water partition coefficient (Wildman–Crippen LogP) is 5.16. The number of rotatable bonds is 9. The highest BCUT2D eigenvalue weighted by Crippen LogP contribution is 2.40. The Morgan fingerprint density at radius 1 is 0.949 bits per heavy atom. The summed E-state index contributed by atoms with van der Waals surface area (Å²) in [4.78, 5) is 0. The molecule has 0 fully saturated rings. The molecule has 0 saturated carbocycles. The lowest BCUT2D eigenvalue weighted by Gasteiger charge is -2.33. The van der Waals surface area contributed by atoms with Crippen molar-refractivity contribution in [1.82, 2.24) is 25.4 Å². The van der Waals surface area contributed by atoms with Crippen LogP contribution in [0.2, 0.25) is 0 Å². The molecule has 1 N–H and O–H groups in total. The molecule has 5 rings (SSSR count). The van der Waals surface area contributed by atoms with Crippen molar-refractivity contribution in [3.05, 3.63) is 113 Å². The predicted molar refractivity (Wildman–Crippen MR) is 129 cm³/mol. The first-order valence-corrected chi connectivity index (χ1v) is 11.7. The Bertz CT molecular complexity index is 1560. The Morgan fingerprint density at radius 2 is 1.69 bits per heavy atom. The number of aliphatic hydroxyl groups is 1. The molecule has 0 unspecified atom stereocenters. The first kappa shape index (κ1) is 26.0. The van der Waals surface area contributed by atoms with E-state index in [1.807, 2.05) is 0 Å². The summed E-state index contributed by atoms with van der Waals surface area (Å²) in [5.41, 5.74) is -0.667. The van der Waals surface area contributed by atoms with E-state index >= 15 is 0 Å². The molecule has 2 heterocycles. The maximum absolute atomic E-state index is 14.8. The van der Waals surface area contributed by atoms with Gasteiger partial charge in [-0.05, 0) is 58.5 Å². The SMILES string of the molecule is C[C@@H](c1cc(-c2ccc(OCc3cc(F)cc(F)c3)cc2)no1)[C@](O)(Cn1cnnn1)c1ccc(F)cc1F. The van der Waals surface area contributed by atoms with Crippen LogP contribution >= 0.6 is 0 Å². The van der Waals surface area contributed by atoms with Crippen LogP contribution in [0.4, 0.5) is 17.6 Å². The van der Waals surface area contributed by atoms with Crippen LogP contribution in [0.5, 0.6) is 5.75 Å². The molecule has 0 aliphatic rings. The van der Waals surface area contributed by atoms with Crippen molar-refractivity contribution in [3.8, 4) is 17.0 Å². The second kappa shape index (κ2) is 10.7. The number of halogens is 4. The molecule has 3 aromatic carbocycles. The molecule has 5 aromatic rings. The minimum absolute atomic E-state index is 0.0283. The van der Waals surface area contributed by atoms with Gasteiger partial charge in [-0.2, -0.15) is 0 Å². The van der Waals surface area contributed by atoms with E-state index in [9.17, 15) is 22.7 Å². The molecular weight excluding hydrogens is 518 g/mol. The van der Waals surface area contributed by atoms with Crippen molar-refractivity contribution >= 4 is 0 Å². The van der Waals surface area contributed by atoms with Gasteiger partial charge in [0.2, 0.25) is 0 Å². The second-order valence-electron chi connectivity index (χ2n) is 8.98. The number of aromatic nitrogens is 5. The van der Waals surface area contributed by atoms with E-state index in [1.54, 1.807) is 37.3 Å². The highest BCUT2D eigenvalue weighted by molar-refractivity contribution is 5.60. The number of hydrogen-bond donors (Lipinski definition) is 1. The van der Waals surface area contributed by atoms with E-state index in [1.165, 1.54) is 29.2 Å². The first-order chi connectivity index (χ1) is 18.7. The van der Waals surface area contributed by atoms with Crippen LogP contribution in [0.3, 0.4) is 0 Å². The molecule has 200 valence electrons. The third kappa shape index (κ3) is 5.65. The summed E-state index contributed by atoms with van der Waals surface area (Å²) in [6.45, 7) is 1.34. The molecule has 2 aromatic heterocycles. The van der Waals surface area contributed by atoms with Gasteiger partial charge in [0.15, 0.2) is 0 Å². The molecule has 8 nitrogen and oxygen atoms in total. The third-order valence-electron chi connectivity index (χ3n) is 6.34. The minimum atomic E-state index is -1.93. The van der Waals surface area contributed by atoms with Gasteiger partial charge in [-0.15, -0.1) is 5.10 Å². The molecule has 0 bridgehead atoms. The smallest absolute Gasteiger partial charge is 0.143 e. The zero-order valence-electron chi connectivity index (χ0n) is 20.4. The van der Waals surface area contributed by atoms with E-state index in [2.05, 4.69) is 20.7 Å². The molecule has 0 spiro atoms. The molecular formula is C27H21F4N5O3. The summed E-state index contributed by atoms with van der Waals surface area (Å²) >= 11 is 0. The number of tetrazole rings is 1. The van der Waals surface area contributed by atoms with Gasteiger partial charge < -0.3 is 14.4 Å². The van der Waals surface area contributed by atoms with E-state index in [0.717, 1.165) is 12.1 Å². The zero-order chi connectivity index (χ0) is 27.6. The highest BCUT2D eigenvalue weighted by Gasteiger charge is 2.42. The largest absolute Gasteiger partial charge is 0.489 e. The molecule has 0 aliphatic heterocycles. The Hall–Kier alpha value is -4.58. The van der Waals surface area contributed by atoms with Gasteiger partial charge in [0.25, 0.3) is 0 Å².